The molecule has 5 heteroatoms. The van der Waals surface area contributed by atoms with E-state index in [1.165, 1.54) is 17.3 Å². The Hall–Kier alpha value is -2.56. The summed E-state index contributed by atoms with van der Waals surface area (Å²) in [6, 6.07) is 9.23. The highest BCUT2D eigenvalue weighted by molar-refractivity contribution is 5.90. The molecule has 1 aromatic heterocycles. The molecule has 0 fully saturated rings. The molecule has 1 amide bonds. The zero-order valence-corrected chi connectivity index (χ0v) is 12.2. The van der Waals surface area contributed by atoms with Gasteiger partial charge in [0.2, 0.25) is 5.91 Å². The molecular weight excluding hydrogens is 266 g/mol. The van der Waals surface area contributed by atoms with Crippen LogP contribution in [0.15, 0.2) is 36.5 Å². The minimum atomic E-state index is -0.120. The van der Waals surface area contributed by atoms with Crippen LogP contribution in [-0.2, 0) is 4.79 Å². The second kappa shape index (κ2) is 6.74. The Bertz CT molecular complexity index is 624. The molecule has 0 unspecified atom stereocenters. The van der Waals surface area contributed by atoms with Gasteiger partial charge in [-0.15, -0.1) is 0 Å². The van der Waals surface area contributed by atoms with Crippen molar-refractivity contribution < 1.29 is 9.53 Å². The molecule has 0 radical (unpaired) electrons. The molecule has 0 atom stereocenters. The third kappa shape index (κ3) is 4.49. The predicted octanol–water partition coefficient (Wildman–Crippen LogP) is 2.69. The number of aromatic nitrogens is 1. The summed E-state index contributed by atoms with van der Waals surface area (Å²) < 4.78 is 5.57. The molecule has 110 valence electrons. The van der Waals surface area contributed by atoms with Crippen LogP contribution in [-0.4, -0.2) is 17.5 Å². The molecule has 2 rings (SSSR count). The summed E-state index contributed by atoms with van der Waals surface area (Å²) in [5.74, 6) is 1.08. The van der Waals surface area contributed by atoms with Gasteiger partial charge in [-0.25, -0.2) is 4.98 Å². The molecule has 1 heterocycles. The molecule has 21 heavy (non-hydrogen) atoms. The standard InChI is InChI=1S/C16H19N3O2/c1-11-3-5-14(9-12(11)2)21-8-7-16(20)19-13-4-6-15(17)18-10-13/h3-6,9-10H,7-8H2,1-2H3,(H2,17,18)(H,19,20). The van der Waals surface area contributed by atoms with Gasteiger partial charge in [0.05, 0.1) is 24.9 Å². The first-order chi connectivity index (χ1) is 10.0. The molecule has 5 nitrogen and oxygen atoms in total. The smallest absolute Gasteiger partial charge is 0.227 e. The van der Waals surface area contributed by atoms with Crippen molar-refractivity contribution in [3.63, 3.8) is 0 Å². The van der Waals surface area contributed by atoms with Gasteiger partial charge >= 0.3 is 0 Å². The average Bonchev–Trinajstić information content (AvgIpc) is 2.45. The monoisotopic (exact) mass is 285 g/mol. The van der Waals surface area contributed by atoms with Crippen LogP contribution < -0.4 is 15.8 Å². The van der Waals surface area contributed by atoms with E-state index in [0.717, 1.165) is 5.75 Å². The van der Waals surface area contributed by atoms with Gasteiger partial charge in [0, 0.05) is 0 Å². The summed E-state index contributed by atoms with van der Waals surface area (Å²) >= 11 is 0. The molecule has 0 bridgehead atoms. The third-order valence-electron chi connectivity index (χ3n) is 3.15. The van der Waals surface area contributed by atoms with Crippen molar-refractivity contribution >= 4 is 17.4 Å². The number of nitrogens with zero attached hydrogens (tertiary/aromatic N) is 1. The van der Waals surface area contributed by atoms with Crippen molar-refractivity contribution in [2.45, 2.75) is 20.3 Å². The minimum Gasteiger partial charge on any atom is -0.493 e. The molecule has 0 spiro atoms. The second-order valence-corrected chi connectivity index (χ2v) is 4.86. The minimum absolute atomic E-state index is 0.120. The van der Waals surface area contributed by atoms with Crippen molar-refractivity contribution in [1.82, 2.24) is 4.98 Å². The first kappa shape index (κ1) is 14.8. The number of nitrogen functional groups attached to an aromatic ring is 1. The number of benzene rings is 1. The highest BCUT2D eigenvalue weighted by Crippen LogP contribution is 2.16. The first-order valence-corrected chi connectivity index (χ1v) is 6.76. The van der Waals surface area contributed by atoms with Crippen LogP contribution in [0.5, 0.6) is 5.75 Å². The number of ether oxygens (including phenoxy) is 1. The maximum atomic E-state index is 11.8. The summed E-state index contributed by atoms with van der Waals surface area (Å²) in [6.07, 6.45) is 1.80. The van der Waals surface area contributed by atoms with E-state index in [4.69, 9.17) is 10.5 Å². The molecule has 0 aliphatic heterocycles. The number of pyridine rings is 1. The Balaban J connectivity index is 1.78. The van der Waals surface area contributed by atoms with E-state index in [9.17, 15) is 4.79 Å². The average molecular weight is 285 g/mol. The Labute approximate surface area is 124 Å². The van der Waals surface area contributed by atoms with Crippen LogP contribution in [0.1, 0.15) is 17.5 Å². The topological polar surface area (TPSA) is 77.2 Å². The molecule has 3 N–H and O–H groups in total. The van der Waals surface area contributed by atoms with Crippen molar-refractivity contribution in [2.75, 3.05) is 17.7 Å². The zero-order valence-electron chi connectivity index (χ0n) is 12.2. The van der Waals surface area contributed by atoms with Gasteiger partial charge < -0.3 is 15.8 Å². The van der Waals surface area contributed by atoms with Gasteiger partial charge in [-0.2, -0.15) is 0 Å². The third-order valence-corrected chi connectivity index (χ3v) is 3.15. The lowest BCUT2D eigenvalue weighted by Crippen LogP contribution is -2.15. The molecule has 2 aromatic rings. The van der Waals surface area contributed by atoms with Gasteiger partial charge in [0.25, 0.3) is 0 Å². The lowest BCUT2D eigenvalue weighted by molar-refractivity contribution is -0.116. The van der Waals surface area contributed by atoms with Crippen LogP contribution in [0.4, 0.5) is 11.5 Å². The van der Waals surface area contributed by atoms with Gasteiger partial charge in [0.15, 0.2) is 0 Å². The van der Waals surface area contributed by atoms with E-state index in [-0.39, 0.29) is 12.3 Å². The molecule has 0 aliphatic rings. The van der Waals surface area contributed by atoms with Crippen LogP contribution >= 0.6 is 0 Å². The maximum Gasteiger partial charge on any atom is 0.227 e. The van der Waals surface area contributed by atoms with Gasteiger partial charge in [-0.1, -0.05) is 6.07 Å². The van der Waals surface area contributed by atoms with E-state index in [1.807, 2.05) is 32.0 Å². The summed E-state index contributed by atoms with van der Waals surface area (Å²) in [7, 11) is 0. The molecular formula is C16H19N3O2. The number of nitrogens with two attached hydrogens (primary N) is 1. The number of hydrogen-bond donors (Lipinski definition) is 2. The maximum absolute atomic E-state index is 11.8. The summed E-state index contributed by atoms with van der Waals surface area (Å²) in [6.45, 7) is 4.41. The number of amides is 1. The number of aryl methyl sites for hydroxylation is 2. The summed E-state index contributed by atoms with van der Waals surface area (Å²) in [5, 5.41) is 2.74. The van der Waals surface area contributed by atoms with Crippen LogP contribution in [0.25, 0.3) is 0 Å². The Morgan fingerprint density at radius 3 is 2.71 bits per heavy atom. The van der Waals surface area contributed by atoms with Crippen LogP contribution in [0.2, 0.25) is 0 Å². The number of anilines is 2. The highest BCUT2D eigenvalue weighted by Gasteiger charge is 2.04. The summed E-state index contributed by atoms with van der Waals surface area (Å²) in [4.78, 5) is 15.7. The SMILES string of the molecule is Cc1ccc(OCCC(=O)Nc2ccc(N)nc2)cc1C. The number of carbonyl (C=O) groups is 1. The molecule has 0 saturated carbocycles. The van der Waals surface area contributed by atoms with E-state index >= 15 is 0 Å². The number of carbonyl (C=O) groups excluding carboxylic acids is 1. The fourth-order valence-electron chi connectivity index (χ4n) is 1.77. The fraction of sp³-hybridized carbons (Fsp3) is 0.250. The van der Waals surface area contributed by atoms with Gasteiger partial charge in [-0.3, -0.25) is 4.79 Å². The lowest BCUT2D eigenvalue weighted by atomic mass is 10.1. The number of rotatable bonds is 5. The van der Waals surface area contributed by atoms with Gasteiger partial charge in [-0.05, 0) is 49.2 Å². The van der Waals surface area contributed by atoms with Crippen LogP contribution in [0, 0.1) is 13.8 Å². The van der Waals surface area contributed by atoms with E-state index in [0.29, 0.717) is 18.1 Å². The zero-order chi connectivity index (χ0) is 15.2. The summed E-state index contributed by atoms with van der Waals surface area (Å²) in [5.41, 5.74) is 8.50. The molecule has 0 aliphatic carbocycles. The molecule has 0 saturated heterocycles. The van der Waals surface area contributed by atoms with E-state index in [2.05, 4.69) is 10.3 Å². The Morgan fingerprint density at radius 2 is 2.05 bits per heavy atom. The molecule has 1 aromatic carbocycles. The fourth-order valence-corrected chi connectivity index (χ4v) is 1.77. The highest BCUT2D eigenvalue weighted by atomic mass is 16.5. The van der Waals surface area contributed by atoms with Crippen molar-refractivity contribution in [2.24, 2.45) is 0 Å². The van der Waals surface area contributed by atoms with Crippen molar-refractivity contribution in [3.8, 4) is 5.75 Å². The van der Waals surface area contributed by atoms with Crippen LogP contribution in [0.3, 0.4) is 0 Å². The quantitative estimate of drug-likeness (QED) is 0.885. The van der Waals surface area contributed by atoms with Crippen molar-refractivity contribution in [1.29, 1.82) is 0 Å². The lowest BCUT2D eigenvalue weighted by Gasteiger charge is -2.09. The van der Waals surface area contributed by atoms with Crippen molar-refractivity contribution in [3.05, 3.63) is 47.7 Å². The Kier molecular flexibility index (Phi) is 4.77. The second-order valence-electron chi connectivity index (χ2n) is 4.86. The van der Waals surface area contributed by atoms with E-state index in [1.54, 1.807) is 12.1 Å². The van der Waals surface area contributed by atoms with E-state index < -0.39 is 0 Å². The first-order valence-electron chi connectivity index (χ1n) is 6.76. The normalized spacial score (nSPS) is 10.2. The number of nitrogens with one attached hydrogen (secondary N) is 1. The van der Waals surface area contributed by atoms with Gasteiger partial charge in [0.1, 0.15) is 11.6 Å². The number of hydrogen-bond acceptors (Lipinski definition) is 4. The largest absolute Gasteiger partial charge is 0.493 e. The predicted molar refractivity (Wildman–Crippen MR) is 83.3 cm³/mol. The Morgan fingerprint density at radius 1 is 1.24 bits per heavy atom.